The summed E-state index contributed by atoms with van der Waals surface area (Å²) in [6, 6.07) is 8.94. The fourth-order valence-corrected chi connectivity index (χ4v) is 2.25. The summed E-state index contributed by atoms with van der Waals surface area (Å²) in [5.74, 6) is -0.981. The van der Waals surface area contributed by atoms with Crippen molar-refractivity contribution in [1.82, 2.24) is 10.3 Å². The number of carboxylic acids is 1. The van der Waals surface area contributed by atoms with Crippen LogP contribution in [0.1, 0.15) is 6.42 Å². The Morgan fingerprint density at radius 2 is 2.12 bits per heavy atom. The molecule has 0 aliphatic carbocycles. The number of nitrogens with zero attached hydrogens (tertiary/aromatic N) is 1. The lowest BCUT2D eigenvalue weighted by Crippen LogP contribution is -2.22. The second kappa shape index (κ2) is 10.7. The molecule has 0 radical (unpaired) electrons. The van der Waals surface area contributed by atoms with Crippen molar-refractivity contribution in [3.63, 3.8) is 0 Å². The minimum Gasteiger partial charge on any atom is -0.478 e. The minimum absolute atomic E-state index is 0.250. The minimum atomic E-state index is -0.981. The van der Waals surface area contributed by atoms with Gasteiger partial charge in [-0.25, -0.2) is 4.79 Å². The third kappa shape index (κ3) is 6.39. The highest BCUT2D eigenvalue weighted by Crippen LogP contribution is 2.23. The molecule has 3 N–H and O–H groups in total. The van der Waals surface area contributed by atoms with Crippen molar-refractivity contribution in [3.8, 4) is 0 Å². The number of anilines is 1. The summed E-state index contributed by atoms with van der Waals surface area (Å²) < 4.78 is 0. The summed E-state index contributed by atoms with van der Waals surface area (Å²) in [4.78, 5) is 29.6. The highest BCUT2D eigenvalue weighted by atomic mass is 16.4. The molecule has 0 unspecified atom stereocenters. The molecule has 0 saturated carbocycles. The quantitative estimate of drug-likeness (QED) is 0.735. The third-order valence-electron chi connectivity index (χ3n) is 3.28. The first-order chi connectivity index (χ1) is 11.6. The molecule has 0 spiro atoms. The van der Waals surface area contributed by atoms with E-state index in [0.717, 1.165) is 19.2 Å². The number of hydrogen-bond donors (Lipinski definition) is 3. The van der Waals surface area contributed by atoms with E-state index in [1.54, 1.807) is 0 Å². The molecular formula is C17H19N3O4. The Morgan fingerprint density at radius 1 is 1.42 bits per heavy atom. The lowest BCUT2D eigenvalue weighted by molar-refractivity contribution is -0.191. The van der Waals surface area contributed by atoms with Crippen molar-refractivity contribution in [1.29, 1.82) is 0 Å². The Hall–Kier alpha value is -3.02. The van der Waals surface area contributed by atoms with Gasteiger partial charge in [0.1, 0.15) is 0 Å². The number of carbonyl (C=O) groups excluding carboxylic acids is 2. The maximum Gasteiger partial charge on any atom is 0.373 e. The molecule has 1 atom stereocenters. The van der Waals surface area contributed by atoms with Crippen LogP contribution in [0.25, 0.3) is 10.8 Å². The van der Waals surface area contributed by atoms with Gasteiger partial charge in [0.2, 0.25) is 0 Å². The van der Waals surface area contributed by atoms with E-state index in [1.165, 1.54) is 22.9 Å². The molecule has 7 heteroatoms. The van der Waals surface area contributed by atoms with Gasteiger partial charge in [-0.05, 0) is 25.1 Å². The molecule has 2 heterocycles. The maximum absolute atomic E-state index is 9.25. The van der Waals surface area contributed by atoms with E-state index in [1.807, 2.05) is 12.4 Å². The van der Waals surface area contributed by atoms with Gasteiger partial charge in [-0.2, -0.15) is 9.59 Å². The fourth-order valence-electron chi connectivity index (χ4n) is 2.25. The Balaban J connectivity index is 0.000000307. The molecule has 0 bridgehead atoms. The van der Waals surface area contributed by atoms with Crippen molar-refractivity contribution in [3.05, 3.63) is 49.3 Å². The lowest BCUT2D eigenvalue weighted by atomic mass is 10.1. The summed E-state index contributed by atoms with van der Waals surface area (Å²) in [5.41, 5.74) is 1.22. The molecule has 1 aliphatic rings. The predicted molar refractivity (Wildman–Crippen MR) is 89.5 cm³/mol. The van der Waals surface area contributed by atoms with Crippen molar-refractivity contribution in [2.75, 3.05) is 18.4 Å². The number of nitrogens with one attached hydrogen (secondary N) is 2. The second-order valence-electron chi connectivity index (χ2n) is 4.86. The van der Waals surface area contributed by atoms with Crippen LogP contribution in [0.2, 0.25) is 0 Å². The van der Waals surface area contributed by atoms with Gasteiger partial charge in [-0.1, -0.05) is 18.7 Å². The van der Waals surface area contributed by atoms with E-state index in [4.69, 9.17) is 14.7 Å². The predicted octanol–water partition coefficient (Wildman–Crippen LogP) is 1.68. The standard InChI is InChI=1S/C13H15N3.C3H4O2.CO2/c1-2-10-8-14-7-5-12(10)13(3-1)16-11-4-6-15-9-11;1-2-3(4)5;2-1-3/h1-3,5,7-8,11,15-16H,4,6,9H2;2H,1H2,(H,4,5);/t11-;;/m1../s1. The molecule has 0 amide bonds. The zero-order chi connectivity index (χ0) is 17.8. The van der Waals surface area contributed by atoms with Crippen molar-refractivity contribution < 1.29 is 19.5 Å². The van der Waals surface area contributed by atoms with E-state index in [0.29, 0.717) is 6.04 Å². The Morgan fingerprint density at radius 3 is 2.71 bits per heavy atom. The van der Waals surface area contributed by atoms with Crippen LogP contribution >= 0.6 is 0 Å². The van der Waals surface area contributed by atoms with Gasteiger partial charge >= 0.3 is 12.1 Å². The molecule has 1 aromatic heterocycles. The smallest absolute Gasteiger partial charge is 0.373 e. The van der Waals surface area contributed by atoms with Crippen LogP contribution in [0.5, 0.6) is 0 Å². The van der Waals surface area contributed by atoms with Crippen LogP contribution < -0.4 is 10.6 Å². The topological polar surface area (TPSA) is 108 Å². The molecule has 1 saturated heterocycles. The summed E-state index contributed by atoms with van der Waals surface area (Å²) in [5, 5.41) is 17.0. The monoisotopic (exact) mass is 329 g/mol. The number of fused-ring (bicyclic) bond motifs is 1. The van der Waals surface area contributed by atoms with Crippen LogP contribution in [-0.2, 0) is 14.4 Å². The van der Waals surface area contributed by atoms with E-state index < -0.39 is 5.97 Å². The first-order valence-electron chi connectivity index (χ1n) is 7.27. The van der Waals surface area contributed by atoms with E-state index in [9.17, 15) is 4.79 Å². The highest BCUT2D eigenvalue weighted by Gasteiger charge is 2.14. The molecule has 2 aromatic rings. The number of hydrogen-bond acceptors (Lipinski definition) is 6. The molecule has 1 aliphatic heterocycles. The van der Waals surface area contributed by atoms with Gasteiger partial charge in [0.15, 0.2) is 0 Å². The van der Waals surface area contributed by atoms with Crippen LogP contribution in [0, 0.1) is 0 Å². The number of aliphatic carboxylic acids is 1. The first kappa shape index (κ1) is 19.0. The number of benzene rings is 1. The van der Waals surface area contributed by atoms with Crippen LogP contribution in [-0.4, -0.2) is 41.3 Å². The third-order valence-corrected chi connectivity index (χ3v) is 3.28. The number of rotatable bonds is 3. The lowest BCUT2D eigenvalue weighted by Gasteiger charge is -2.14. The van der Waals surface area contributed by atoms with Crippen LogP contribution in [0.3, 0.4) is 0 Å². The molecule has 7 nitrogen and oxygen atoms in total. The van der Waals surface area contributed by atoms with Gasteiger partial charge < -0.3 is 15.7 Å². The van der Waals surface area contributed by atoms with E-state index >= 15 is 0 Å². The number of carbonyl (C=O) groups is 1. The molecule has 1 aromatic carbocycles. The average Bonchev–Trinajstić information content (AvgIpc) is 3.09. The molecule has 24 heavy (non-hydrogen) atoms. The fraction of sp³-hybridized carbons (Fsp3) is 0.235. The van der Waals surface area contributed by atoms with Crippen LogP contribution in [0.15, 0.2) is 49.3 Å². The Bertz CT molecular complexity index is 701. The van der Waals surface area contributed by atoms with E-state index in [2.05, 4.69) is 46.5 Å². The highest BCUT2D eigenvalue weighted by molar-refractivity contribution is 5.93. The van der Waals surface area contributed by atoms with Crippen LogP contribution in [0.4, 0.5) is 5.69 Å². The summed E-state index contributed by atoms with van der Waals surface area (Å²) in [6.07, 6.45) is 6.04. The average molecular weight is 329 g/mol. The Kier molecular flexibility index (Phi) is 8.45. The van der Waals surface area contributed by atoms with Gasteiger partial charge in [0.25, 0.3) is 0 Å². The summed E-state index contributed by atoms with van der Waals surface area (Å²) in [7, 11) is 0. The largest absolute Gasteiger partial charge is 0.478 e. The molecule has 126 valence electrons. The normalized spacial score (nSPS) is 15.1. The van der Waals surface area contributed by atoms with Gasteiger partial charge in [-0.3, -0.25) is 4.98 Å². The molecule has 1 fully saturated rings. The molecule has 3 rings (SSSR count). The molecular weight excluding hydrogens is 310 g/mol. The maximum atomic E-state index is 9.25. The SMILES string of the molecule is C=CC(=O)O.O=C=O.c1cc(N[C@@H]2CCNC2)c2ccncc2c1. The van der Waals surface area contributed by atoms with Crippen molar-refractivity contribution >= 4 is 28.6 Å². The summed E-state index contributed by atoms with van der Waals surface area (Å²) in [6.45, 7) is 5.13. The first-order valence-corrected chi connectivity index (χ1v) is 7.27. The second-order valence-corrected chi connectivity index (χ2v) is 4.86. The van der Waals surface area contributed by atoms with Crippen molar-refractivity contribution in [2.45, 2.75) is 12.5 Å². The van der Waals surface area contributed by atoms with Gasteiger partial charge in [0, 0.05) is 47.5 Å². The number of carboxylic acid groups (broad SMARTS) is 1. The van der Waals surface area contributed by atoms with Gasteiger partial charge in [0.05, 0.1) is 0 Å². The summed E-state index contributed by atoms with van der Waals surface area (Å²) >= 11 is 0. The van der Waals surface area contributed by atoms with Gasteiger partial charge in [-0.15, -0.1) is 0 Å². The Labute approximate surface area is 139 Å². The zero-order valence-corrected chi connectivity index (χ0v) is 13.1. The number of pyridine rings is 1. The van der Waals surface area contributed by atoms with E-state index in [-0.39, 0.29) is 6.15 Å². The number of aromatic nitrogens is 1. The van der Waals surface area contributed by atoms with Crippen molar-refractivity contribution in [2.24, 2.45) is 0 Å². The zero-order valence-electron chi connectivity index (χ0n) is 13.1.